The maximum Gasteiger partial charge on any atom is 0.264 e. The fourth-order valence-electron chi connectivity index (χ4n) is 4.37. The van der Waals surface area contributed by atoms with Gasteiger partial charge in [-0.1, -0.05) is 22.0 Å². The SMILES string of the molecule is COc1ccc(C(=O)CC2(O)C(=O)N(Cc3ccc(OC)c(OC)c3)c3ccc(Br)cc32)c(OC)c1. The van der Waals surface area contributed by atoms with Crippen molar-refractivity contribution in [2.45, 2.75) is 18.6 Å². The molecule has 1 N–H and O–H groups in total. The second kappa shape index (κ2) is 10.2. The number of Topliss-reactive ketones (excluding diaryl/α,β-unsaturated/α-hetero) is 1. The standard InChI is InChI=1S/C27H26BrNO7/c1-33-18-7-8-19(24(13-18)35-3)22(30)14-27(32)20-12-17(28)6-9-21(20)29(26(27)31)15-16-5-10-23(34-2)25(11-16)36-4/h5-13,32H,14-15H2,1-4H3. The van der Waals surface area contributed by atoms with Gasteiger partial charge in [-0.2, -0.15) is 0 Å². The maximum atomic E-state index is 13.7. The number of rotatable bonds is 9. The fourth-order valence-corrected chi connectivity index (χ4v) is 4.73. The Balaban J connectivity index is 1.70. The fraction of sp³-hybridized carbons (Fsp3) is 0.259. The van der Waals surface area contributed by atoms with E-state index in [1.807, 2.05) is 6.07 Å². The molecule has 0 saturated heterocycles. The molecule has 1 heterocycles. The lowest BCUT2D eigenvalue weighted by Crippen LogP contribution is -2.41. The number of amides is 1. The van der Waals surface area contributed by atoms with Gasteiger partial charge < -0.3 is 29.0 Å². The molecule has 188 valence electrons. The van der Waals surface area contributed by atoms with Gasteiger partial charge in [0, 0.05) is 16.1 Å². The Hall–Kier alpha value is -3.56. The normalized spacial score (nSPS) is 16.5. The van der Waals surface area contributed by atoms with Crippen LogP contribution in [0.1, 0.15) is 27.9 Å². The van der Waals surface area contributed by atoms with Gasteiger partial charge in [0.2, 0.25) is 0 Å². The van der Waals surface area contributed by atoms with Gasteiger partial charge in [-0.3, -0.25) is 9.59 Å². The second-order valence-electron chi connectivity index (χ2n) is 8.27. The quantitative estimate of drug-likeness (QED) is 0.388. The number of hydrogen-bond donors (Lipinski definition) is 1. The molecule has 0 bridgehead atoms. The smallest absolute Gasteiger partial charge is 0.264 e. The summed E-state index contributed by atoms with van der Waals surface area (Å²) in [5, 5.41) is 11.7. The van der Waals surface area contributed by atoms with Crippen molar-refractivity contribution >= 4 is 33.3 Å². The molecule has 1 amide bonds. The van der Waals surface area contributed by atoms with Crippen molar-refractivity contribution < 1.29 is 33.6 Å². The highest BCUT2D eigenvalue weighted by Crippen LogP contribution is 2.45. The number of fused-ring (bicyclic) bond motifs is 1. The van der Waals surface area contributed by atoms with Crippen LogP contribution in [0.5, 0.6) is 23.0 Å². The largest absolute Gasteiger partial charge is 0.497 e. The van der Waals surface area contributed by atoms with E-state index in [-0.39, 0.29) is 12.1 Å². The van der Waals surface area contributed by atoms with Crippen molar-refractivity contribution in [3.8, 4) is 23.0 Å². The molecule has 0 spiro atoms. The Morgan fingerprint density at radius 2 is 1.61 bits per heavy atom. The Labute approximate surface area is 217 Å². The van der Waals surface area contributed by atoms with Crippen LogP contribution in [-0.4, -0.2) is 45.2 Å². The van der Waals surface area contributed by atoms with Crippen LogP contribution in [0.2, 0.25) is 0 Å². The lowest BCUT2D eigenvalue weighted by atomic mass is 9.88. The van der Waals surface area contributed by atoms with Crippen molar-refractivity contribution in [3.63, 3.8) is 0 Å². The minimum absolute atomic E-state index is 0.163. The van der Waals surface area contributed by atoms with Crippen molar-refractivity contribution in [3.05, 3.63) is 75.8 Å². The predicted octanol–water partition coefficient (Wildman–Crippen LogP) is 4.49. The summed E-state index contributed by atoms with van der Waals surface area (Å²) in [5.74, 6) is 0.874. The molecule has 1 unspecified atom stereocenters. The summed E-state index contributed by atoms with van der Waals surface area (Å²) in [6.45, 7) is 0.163. The van der Waals surface area contributed by atoms with Gasteiger partial charge in [-0.25, -0.2) is 0 Å². The highest BCUT2D eigenvalue weighted by atomic mass is 79.9. The first-order valence-corrected chi connectivity index (χ1v) is 11.9. The van der Waals surface area contributed by atoms with E-state index >= 15 is 0 Å². The van der Waals surface area contributed by atoms with Crippen molar-refractivity contribution in [1.29, 1.82) is 0 Å². The molecule has 0 aliphatic carbocycles. The molecule has 1 aliphatic heterocycles. The van der Waals surface area contributed by atoms with E-state index in [2.05, 4.69) is 15.9 Å². The predicted molar refractivity (Wildman–Crippen MR) is 137 cm³/mol. The van der Waals surface area contributed by atoms with E-state index in [1.54, 1.807) is 55.6 Å². The van der Waals surface area contributed by atoms with E-state index in [9.17, 15) is 14.7 Å². The van der Waals surface area contributed by atoms with Crippen LogP contribution in [0.15, 0.2) is 59.1 Å². The third kappa shape index (κ3) is 4.52. The van der Waals surface area contributed by atoms with E-state index < -0.39 is 23.7 Å². The molecule has 4 rings (SSSR count). The van der Waals surface area contributed by atoms with E-state index in [1.165, 1.54) is 26.2 Å². The first kappa shape index (κ1) is 25.5. The number of benzene rings is 3. The Morgan fingerprint density at radius 1 is 0.889 bits per heavy atom. The molecule has 1 aliphatic rings. The monoisotopic (exact) mass is 555 g/mol. The third-order valence-electron chi connectivity index (χ3n) is 6.21. The number of anilines is 1. The van der Waals surface area contributed by atoms with Crippen LogP contribution in [0.3, 0.4) is 0 Å². The molecule has 36 heavy (non-hydrogen) atoms. The van der Waals surface area contributed by atoms with Gasteiger partial charge in [0.1, 0.15) is 11.5 Å². The van der Waals surface area contributed by atoms with Gasteiger partial charge in [-0.05, 0) is 48.0 Å². The number of carbonyl (C=O) groups excluding carboxylic acids is 2. The van der Waals surface area contributed by atoms with Crippen molar-refractivity contribution in [2.24, 2.45) is 0 Å². The average molecular weight is 556 g/mol. The zero-order valence-corrected chi connectivity index (χ0v) is 21.9. The summed E-state index contributed by atoms with van der Waals surface area (Å²) >= 11 is 3.42. The van der Waals surface area contributed by atoms with Gasteiger partial charge in [-0.15, -0.1) is 0 Å². The summed E-state index contributed by atoms with van der Waals surface area (Å²) in [7, 11) is 6.04. The molecular weight excluding hydrogens is 530 g/mol. The number of hydrogen-bond acceptors (Lipinski definition) is 7. The minimum atomic E-state index is -2.06. The van der Waals surface area contributed by atoms with Crippen LogP contribution in [0, 0.1) is 0 Å². The van der Waals surface area contributed by atoms with Crippen LogP contribution >= 0.6 is 15.9 Å². The zero-order chi connectivity index (χ0) is 26.0. The second-order valence-corrected chi connectivity index (χ2v) is 9.18. The van der Waals surface area contributed by atoms with Crippen LogP contribution < -0.4 is 23.8 Å². The van der Waals surface area contributed by atoms with Crippen LogP contribution in [0.4, 0.5) is 5.69 Å². The van der Waals surface area contributed by atoms with Gasteiger partial charge >= 0.3 is 0 Å². The molecule has 0 saturated carbocycles. The molecule has 8 nitrogen and oxygen atoms in total. The summed E-state index contributed by atoms with van der Waals surface area (Å²) in [4.78, 5) is 28.5. The minimum Gasteiger partial charge on any atom is -0.497 e. The van der Waals surface area contributed by atoms with Crippen molar-refractivity contribution in [2.75, 3.05) is 33.3 Å². The Morgan fingerprint density at radius 3 is 2.28 bits per heavy atom. The van der Waals surface area contributed by atoms with Crippen LogP contribution in [0.25, 0.3) is 0 Å². The Bertz CT molecular complexity index is 1330. The number of ether oxygens (including phenoxy) is 4. The van der Waals surface area contributed by atoms with Gasteiger partial charge in [0.25, 0.3) is 5.91 Å². The zero-order valence-electron chi connectivity index (χ0n) is 20.3. The van der Waals surface area contributed by atoms with Crippen molar-refractivity contribution in [1.82, 2.24) is 0 Å². The Kier molecular flexibility index (Phi) is 7.23. The first-order valence-electron chi connectivity index (χ1n) is 11.1. The number of ketones is 1. The number of carbonyl (C=O) groups is 2. The van der Waals surface area contributed by atoms with Crippen LogP contribution in [-0.2, 0) is 16.9 Å². The third-order valence-corrected chi connectivity index (χ3v) is 6.70. The summed E-state index contributed by atoms with van der Waals surface area (Å²) in [6.07, 6.45) is -0.458. The number of nitrogens with zero attached hydrogens (tertiary/aromatic N) is 1. The first-order chi connectivity index (χ1) is 17.2. The molecule has 3 aromatic rings. The molecule has 0 aromatic heterocycles. The van der Waals surface area contributed by atoms with Gasteiger partial charge in [0.15, 0.2) is 22.9 Å². The molecule has 0 radical (unpaired) electrons. The molecule has 0 fully saturated rings. The highest BCUT2D eigenvalue weighted by molar-refractivity contribution is 9.10. The summed E-state index contributed by atoms with van der Waals surface area (Å²) in [6, 6.07) is 15.3. The maximum absolute atomic E-state index is 13.7. The van der Waals surface area contributed by atoms with E-state index in [0.29, 0.717) is 38.7 Å². The van der Waals surface area contributed by atoms with E-state index in [0.717, 1.165) is 5.56 Å². The average Bonchev–Trinajstić information content (AvgIpc) is 3.09. The lowest BCUT2D eigenvalue weighted by Gasteiger charge is -2.23. The summed E-state index contributed by atoms with van der Waals surface area (Å²) < 4.78 is 21.9. The number of methoxy groups -OCH3 is 4. The van der Waals surface area contributed by atoms with E-state index in [4.69, 9.17) is 18.9 Å². The lowest BCUT2D eigenvalue weighted by molar-refractivity contribution is -0.136. The summed E-state index contributed by atoms with van der Waals surface area (Å²) in [5.41, 5.74) is -0.174. The molecule has 1 atom stereocenters. The molecular formula is C27H26BrNO7. The number of aliphatic hydroxyl groups is 1. The topological polar surface area (TPSA) is 94.5 Å². The highest BCUT2D eigenvalue weighted by Gasteiger charge is 2.51. The molecule has 3 aromatic carbocycles. The van der Waals surface area contributed by atoms with Gasteiger partial charge in [0.05, 0.1) is 52.7 Å². The molecule has 9 heteroatoms. The number of halogens is 1.